The van der Waals surface area contributed by atoms with Crippen LogP contribution in [0.1, 0.15) is 21.5 Å². The molecule has 178 valence electrons. The number of halogens is 2. The number of carbonyl (C=O) groups excluding carboxylic acids is 2. The van der Waals surface area contributed by atoms with E-state index in [1.807, 2.05) is 6.92 Å². The maximum Gasteiger partial charge on any atom is 0.337 e. The first kappa shape index (κ1) is 25.7. The summed E-state index contributed by atoms with van der Waals surface area (Å²) in [5.74, 6) is -1.07. The van der Waals surface area contributed by atoms with Crippen LogP contribution in [0.4, 0.5) is 5.69 Å². The first-order valence-electron chi connectivity index (χ1n) is 10.1. The molecule has 34 heavy (non-hydrogen) atoms. The van der Waals surface area contributed by atoms with Gasteiger partial charge in [0.05, 0.1) is 24.1 Å². The number of rotatable bonds is 8. The minimum atomic E-state index is -4.03. The van der Waals surface area contributed by atoms with E-state index in [1.54, 1.807) is 24.3 Å². The fraction of sp³-hybridized carbons (Fsp3) is 0.167. The van der Waals surface area contributed by atoms with Crippen molar-refractivity contribution in [2.24, 2.45) is 0 Å². The van der Waals surface area contributed by atoms with Gasteiger partial charge in [-0.05, 0) is 61.0 Å². The number of carbonyl (C=O) groups is 2. The Kier molecular flexibility index (Phi) is 8.33. The third kappa shape index (κ3) is 6.36. The van der Waals surface area contributed by atoms with Crippen molar-refractivity contribution in [3.8, 4) is 0 Å². The molecule has 0 aliphatic carbocycles. The van der Waals surface area contributed by atoms with Crippen LogP contribution in [0.5, 0.6) is 0 Å². The van der Waals surface area contributed by atoms with Crippen LogP contribution >= 0.6 is 23.2 Å². The predicted octanol–water partition coefficient (Wildman–Crippen LogP) is 4.92. The van der Waals surface area contributed by atoms with E-state index in [2.05, 4.69) is 10.1 Å². The van der Waals surface area contributed by atoms with Crippen LogP contribution in [0.2, 0.25) is 10.0 Å². The van der Waals surface area contributed by atoms with Gasteiger partial charge in [0.15, 0.2) is 0 Å². The summed E-state index contributed by atoms with van der Waals surface area (Å²) >= 11 is 12.2. The molecule has 3 aromatic carbocycles. The molecule has 3 aromatic rings. The van der Waals surface area contributed by atoms with Gasteiger partial charge in [-0.25, -0.2) is 13.2 Å². The van der Waals surface area contributed by atoms with Crippen molar-refractivity contribution in [3.63, 3.8) is 0 Å². The number of nitrogens with one attached hydrogen (secondary N) is 1. The van der Waals surface area contributed by atoms with Crippen molar-refractivity contribution in [2.75, 3.05) is 19.0 Å². The summed E-state index contributed by atoms with van der Waals surface area (Å²) in [5.41, 5.74) is 2.12. The van der Waals surface area contributed by atoms with Crippen molar-refractivity contribution in [3.05, 3.63) is 93.5 Å². The number of benzene rings is 3. The van der Waals surface area contributed by atoms with E-state index in [4.69, 9.17) is 23.2 Å². The normalized spacial score (nSPS) is 11.3. The third-order valence-electron chi connectivity index (χ3n) is 4.93. The van der Waals surface area contributed by atoms with Gasteiger partial charge in [0.1, 0.15) is 0 Å². The second-order valence-corrected chi connectivity index (χ2v) is 10.2. The average molecular weight is 521 g/mol. The standard InChI is InChI=1S/C24H22Cl2N2O5S/c1-16-3-11-21(12-4-16)34(31,32)28(14-18-5-8-19(25)13-22(18)26)15-23(29)27-20-9-6-17(7-10-20)24(30)33-2/h3-13H,14-15H2,1-2H3,(H,27,29). The van der Waals surface area contributed by atoms with Crippen LogP contribution in [0.3, 0.4) is 0 Å². The van der Waals surface area contributed by atoms with E-state index >= 15 is 0 Å². The van der Waals surface area contributed by atoms with Gasteiger partial charge in [-0.15, -0.1) is 0 Å². The van der Waals surface area contributed by atoms with Gasteiger partial charge >= 0.3 is 5.97 Å². The lowest BCUT2D eigenvalue weighted by molar-refractivity contribution is -0.116. The Morgan fingerprint density at radius 3 is 2.21 bits per heavy atom. The number of amides is 1. The van der Waals surface area contributed by atoms with E-state index in [0.717, 1.165) is 9.87 Å². The van der Waals surface area contributed by atoms with E-state index in [0.29, 0.717) is 21.8 Å². The van der Waals surface area contributed by atoms with Crippen LogP contribution in [0.25, 0.3) is 0 Å². The van der Waals surface area contributed by atoms with Crippen LogP contribution in [-0.2, 0) is 26.1 Å². The Labute approximate surface area is 208 Å². The number of hydrogen-bond acceptors (Lipinski definition) is 5. The summed E-state index contributed by atoms with van der Waals surface area (Å²) in [4.78, 5) is 24.4. The molecule has 1 N–H and O–H groups in total. The van der Waals surface area contributed by atoms with Gasteiger partial charge in [0, 0.05) is 22.3 Å². The van der Waals surface area contributed by atoms with Gasteiger partial charge in [-0.3, -0.25) is 4.79 Å². The topological polar surface area (TPSA) is 92.8 Å². The molecule has 0 spiro atoms. The predicted molar refractivity (Wildman–Crippen MR) is 132 cm³/mol. The molecule has 10 heteroatoms. The number of ether oxygens (including phenoxy) is 1. The van der Waals surface area contributed by atoms with E-state index < -0.39 is 28.4 Å². The maximum atomic E-state index is 13.4. The molecule has 7 nitrogen and oxygen atoms in total. The highest BCUT2D eigenvalue weighted by atomic mass is 35.5. The van der Waals surface area contributed by atoms with Crippen LogP contribution in [0.15, 0.2) is 71.6 Å². The Bertz CT molecular complexity index is 1290. The number of aryl methyl sites for hydroxylation is 1. The zero-order valence-electron chi connectivity index (χ0n) is 18.4. The fourth-order valence-corrected chi connectivity index (χ4v) is 4.94. The second-order valence-electron chi connectivity index (χ2n) is 7.44. The molecular weight excluding hydrogens is 499 g/mol. The lowest BCUT2D eigenvalue weighted by atomic mass is 10.2. The largest absolute Gasteiger partial charge is 0.465 e. The molecule has 0 fully saturated rings. The highest BCUT2D eigenvalue weighted by Gasteiger charge is 2.27. The smallest absolute Gasteiger partial charge is 0.337 e. The summed E-state index contributed by atoms with van der Waals surface area (Å²) in [6, 6.07) is 17.1. The highest BCUT2D eigenvalue weighted by molar-refractivity contribution is 7.89. The molecule has 0 saturated heterocycles. The molecule has 0 unspecified atom stereocenters. The van der Waals surface area contributed by atoms with Gasteiger partial charge < -0.3 is 10.1 Å². The van der Waals surface area contributed by atoms with Crippen molar-refractivity contribution < 1.29 is 22.7 Å². The Morgan fingerprint density at radius 1 is 0.971 bits per heavy atom. The van der Waals surface area contributed by atoms with E-state index in [1.165, 1.54) is 49.6 Å². The van der Waals surface area contributed by atoms with Crippen LogP contribution in [0, 0.1) is 6.92 Å². The van der Waals surface area contributed by atoms with Gasteiger partial charge in [-0.1, -0.05) is 47.0 Å². The fourth-order valence-electron chi connectivity index (χ4n) is 3.09. The minimum Gasteiger partial charge on any atom is -0.465 e. The third-order valence-corrected chi connectivity index (χ3v) is 7.32. The summed E-state index contributed by atoms with van der Waals surface area (Å²) in [6.45, 7) is 1.25. The van der Waals surface area contributed by atoms with Crippen molar-refractivity contribution in [1.82, 2.24) is 4.31 Å². The average Bonchev–Trinajstić information content (AvgIpc) is 2.80. The zero-order chi connectivity index (χ0) is 24.9. The molecule has 0 radical (unpaired) electrons. The summed E-state index contributed by atoms with van der Waals surface area (Å²) < 4.78 is 32.5. The molecule has 3 rings (SSSR count). The molecule has 1 amide bonds. The molecule has 0 aliphatic rings. The number of methoxy groups -OCH3 is 1. The lowest BCUT2D eigenvalue weighted by Gasteiger charge is -2.22. The van der Waals surface area contributed by atoms with Gasteiger partial charge in [0.2, 0.25) is 15.9 Å². The van der Waals surface area contributed by atoms with Crippen LogP contribution in [-0.4, -0.2) is 38.3 Å². The minimum absolute atomic E-state index is 0.0541. The van der Waals surface area contributed by atoms with Crippen molar-refractivity contribution >= 4 is 50.8 Å². The zero-order valence-corrected chi connectivity index (χ0v) is 20.7. The number of nitrogens with zero attached hydrogens (tertiary/aromatic N) is 1. The molecule has 0 heterocycles. The molecule has 0 saturated carbocycles. The lowest BCUT2D eigenvalue weighted by Crippen LogP contribution is -2.37. The summed E-state index contributed by atoms with van der Waals surface area (Å²) in [6.07, 6.45) is 0. The van der Waals surface area contributed by atoms with Crippen molar-refractivity contribution in [1.29, 1.82) is 0 Å². The van der Waals surface area contributed by atoms with Crippen LogP contribution < -0.4 is 5.32 Å². The number of esters is 1. The van der Waals surface area contributed by atoms with Crippen molar-refractivity contribution in [2.45, 2.75) is 18.4 Å². The first-order chi connectivity index (χ1) is 16.1. The Morgan fingerprint density at radius 2 is 1.62 bits per heavy atom. The van der Waals surface area contributed by atoms with Gasteiger partial charge in [0.25, 0.3) is 0 Å². The monoisotopic (exact) mass is 520 g/mol. The molecule has 0 bridgehead atoms. The molecular formula is C24H22Cl2N2O5S. The summed E-state index contributed by atoms with van der Waals surface area (Å²) in [5, 5.41) is 3.35. The second kappa shape index (κ2) is 11.0. The SMILES string of the molecule is COC(=O)c1ccc(NC(=O)CN(Cc2ccc(Cl)cc2Cl)S(=O)(=O)c2ccc(C)cc2)cc1. The number of sulfonamides is 1. The molecule has 0 atom stereocenters. The Balaban J connectivity index is 1.86. The highest BCUT2D eigenvalue weighted by Crippen LogP contribution is 2.25. The number of hydrogen-bond donors (Lipinski definition) is 1. The quantitative estimate of drug-likeness (QED) is 0.425. The Hall–Kier alpha value is -2.91. The molecule has 0 aliphatic heterocycles. The molecule has 0 aromatic heterocycles. The maximum absolute atomic E-state index is 13.4. The van der Waals surface area contributed by atoms with E-state index in [9.17, 15) is 18.0 Å². The number of anilines is 1. The van der Waals surface area contributed by atoms with Gasteiger partial charge in [-0.2, -0.15) is 4.31 Å². The summed E-state index contributed by atoms with van der Waals surface area (Å²) in [7, 11) is -2.76. The first-order valence-corrected chi connectivity index (χ1v) is 12.3. The van der Waals surface area contributed by atoms with E-state index in [-0.39, 0.29) is 16.5 Å².